The molecule has 1 aliphatic rings. The van der Waals surface area contributed by atoms with E-state index in [1.165, 1.54) is 22.2 Å². The van der Waals surface area contributed by atoms with Gasteiger partial charge in [0.25, 0.3) is 5.56 Å². The Morgan fingerprint density at radius 2 is 2.00 bits per heavy atom. The van der Waals surface area contributed by atoms with Crippen molar-refractivity contribution in [2.75, 3.05) is 5.75 Å². The van der Waals surface area contributed by atoms with Crippen molar-refractivity contribution < 1.29 is 4.79 Å². The SMILES string of the molecule is Cc1cc(C(=O)CSc2nc3sc4c(c3c(=O)n2-c2ccccc2)CCC(C)C4)c(C)n1C. The first-order valence-electron chi connectivity index (χ1n) is 11.3. The lowest BCUT2D eigenvalue weighted by Gasteiger charge is -2.17. The third kappa shape index (κ3) is 3.87. The molecule has 0 fully saturated rings. The highest BCUT2D eigenvalue weighted by molar-refractivity contribution is 7.99. The molecule has 0 saturated carbocycles. The van der Waals surface area contributed by atoms with Gasteiger partial charge in [-0.05, 0) is 62.8 Å². The molecule has 0 N–H and O–H groups in total. The molecule has 0 saturated heterocycles. The van der Waals surface area contributed by atoms with E-state index in [4.69, 9.17) is 4.98 Å². The molecule has 0 bridgehead atoms. The highest BCUT2D eigenvalue weighted by Crippen LogP contribution is 2.37. The van der Waals surface area contributed by atoms with Gasteiger partial charge in [0.15, 0.2) is 10.9 Å². The molecule has 0 aliphatic heterocycles. The summed E-state index contributed by atoms with van der Waals surface area (Å²) in [4.78, 5) is 33.9. The van der Waals surface area contributed by atoms with Gasteiger partial charge in [-0.15, -0.1) is 11.3 Å². The number of para-hydroxylation sites is 1. The average molecular weight is 478 g/mol. The third-order valence-corrected chi connectivity index (χ3v) is 8.81. The number of thiophene rings is 1. The Labute approximate surface area is 201 Å². The summed E-state index contributed by atoms with van der Waals surface area (Å²) in [5.74, 6) is 0.914. The summed E-state index contributed by atoms with van der Waals surface area (Å²) in [6.07, 6.45) is 3.04. The molecule has 3 aromatic heterocycles. The second-order valence-electron chi connectivity index (χ2n) is 8.96. The highest BCUT2D eigenvalue weighted by atomic mass is 32.2. The number of carbonyl (C=O) groups excluding carboxylic acids is 1. The summed E-state index contributed by atoms with van der Waals surface area (Å²) in [5.41, 5.74) is 4.68. The van der Waals surface area contributed by atoms with Crippen LogP contribution in [0.2, 0.25) is 0 Å². The molecular weight excluding hydrogens is 450 g/mol. The first kappa shape index (κ1) is 22.2. The smallest absolute Gasteiger partial charge is 0.267 e. The minimum absolute atomic E-state index is 0.0278. The van der Waals surface area contributed by atoms with Gasteiger partial charge in [-0.25, -0.2) is 4.98 Å². The number of hydrogen-bond acceptors (Lipinski definition) is 5. The maximum absolute atomic E-state index is 13.8. The Hall–Kier alpha value is -2.64. The second-order valence-corrected chi connectivity index (χ2v) is 11.0. The fourth-order valence-corrected chi connectivity index (χ4v) is 6.94. The van der Waals surface area contributed by atoms with Crippen LogP contribution in [0.3, 0.4) is 0 Å². The van der Waals surface area contributed by atoms with Gasteiger partial charge in [-0.2, -0.15) is 0 Å². The van der Waals surface area contributed by atoms with Gasteiger partial charge in [-0.1, -0.05) is 36.9 Å². The molecule has 4 aromatic rings. The fourth-order valence-electron chi connectivity index (χ4n) is 4.62. The minimum atomic E-state index is -0.0278. The van der Waals surface area contributed by atoms with Crippen LogP contribution in [0.1, 0.15) is 45.5 Å². The van der Waals surface area contributed by atoms with Crippen LogP contribution >= 0.6 is 23.1 Å². The minimum Gasteiger partial charge on any atom is -0.351 e. The molecule has 3 heterocycles. The molecule has 7 heteroatoms. The van der Waals surface area contributed by atoms with Gasteiger partial charge in [0, 0.05) is 28.9 Å². The van der Waals surface area contributed by atoms with Gasteiger partial charge < -0.3 is 4.57 Å². The summed E-state index contributed by atoms with van der Waals surface area (Å²) in [6.45, 7) is 6.23. The van der Waals surface area contributed by atoms with Crippen LogP contribution in [-0.4, -0.2) is 25.7 Å². The van der Waals surface area contributed by atoms with Crippen molar-refractivity contribution in [1.82, 2.24) is 14.1 Å². The first-order valence-corrected chi connectivity index (χ1v) is 13.1. The Bertz CT molecular complexity index is 1430. The van der Waals surface area contributed by atoms with Crippen molar-refractivity contribution in [3.63, 3.8) is 0 Å². The number of nitrogens with zero attached hydrogens (tertiary/aromatic N) is 3. The van der Waals surface area contributed by atoms with Crippen LogP contribution in [0.15, 0.2) is 46.3 Å². The van der Waals surface area contributed by atoms with E-state index in [0.717, 1.165) is 52.1 Å². The summed E-state index contributed by atoms with van der Waals surface area (Å²) < 4.78 is 3.72. The third-order valence-electron chi connectivity index (χ3n) is 6.72. The predicted octanol–water partition coefficient (Wildman–Crippen LogP) is 5.50. The molecule has 1 atom stereocenters. The summed E-state index contributed by atoms with van der Waals surface area (Å²) in [5, 5.41) is 1.33. The summed E-state index contributed by atoms with van der Waals surface area (Å²) in [7, 11) is 1.97. The highest BCUT2D eigenvalue weighted by Gasteiger charge is 2.25. The topological polar surface area (TPSA) is 56.9 Å². The number of hydrogen-bond donors (Lipinski definition) is 0. The molecule has 5 rings (SSSR count). The van der Waals surface area contributed by atoms with Crippen molar-refractivity contribution in [2.24, 2.45) is 13.0 Å². The second kappa shape index (κ2) is 8.61. The van der Waals surface area contributed by atoms with E-state index in [-0.39, 0.29) is 17.1 Å². The predicted molar refractivity (Wildman–Crippen MR) is 136 cm³/mol. The number of aryl methyl sites for hydroxylation is 2. The number of rotatable bonds is 5. The number of ketones is 1. The lowest BCUT2D eigenvalue weighted by molar-refractivity contribution is 0.102. The van der Waals surface area contributed by atoms with Crippen molar-refractivity contribution in [2.45, 2.75) is 45.2 Å². The Morgan fingerprint density at radius 3 is 2.70 bits per heavy atom. The fraction of sp³-hybridized carbons (Fsp3) is 0.346. The van der Waals surface area contributed by atoms with Crippen LogP contribution in [0.5, 0.6) is 0 Å². The lowest BCUT2D eigenvalue weighted by atomic mass is 9.89. The van der Waals surface area contributed by atoms with Crippen molar-refractivity contribution in [3.8, 4) is 5.69 Å². The number of Topliss-reactive ketones (excluding diaryl/α,β-unsaturated/α-hetero) is 1. The van der Waals surface area contributed by atoms with Crippen LogP contribution in [0.25, 0.3) is 15.9 Å². The lowest BCUT2D eigenvalue weighted by Crippen LogP contribution is -2.23. The molecule has 170 valence electrons. The zero-order valence-electron chi connectivity index (χ0n) is 19.3. The van der Waals surface area contributed by atoms with E-state index >= 15 is 0 Å². The zero-order chi connectivity index (χ0) is 23.3. The first-order chi connectivity index (χ1) is 15.8. The molecule has 0 amide bonds. The van der Waals surface area contributed by atoms with Crippen molar-refractivity contribution >= 4 is 39.1 Å². The zero-order valence-corrected chi connectivity index (χ0v) is 21.0. The van der Waals surface area contributed by atoms with E-state index in [1.54, 1.807) is 15.9 Å². The number of benzene rings is 1. The van der Waals surface area contributed by atoms with E-state index < -0.39 is 0 Å². The Balaban J connectivity index is 1.59. The van der Waals surface area contributed by atoms with Crippen molar-refractivity contribution in [1.29, 1.82) is 0 Å². The number of carbonyl (C=O) groups is 1. The number of aromatic nitrogens is 3. The van der Waals surface area contributed by atoms with Gasteiger partial charge in [0.1, 0.15) is 4.83 Å². The largest absolute Gasteiger partial charge is 0.351 e. The molecule has 0 radical (unpaired) electrons. The van der Waals surface area contributed by atoms with E-state index in [0.29, 0.717) is 11.1 Å². The summed E-state index contributed by atoms with van der Waals surface area (Å²) in [6, 6.07) is 11.6. The van der Waals surface area contributed by atoms with Gasteiger partial charge in [-0.3, -0.25) is 14.2 Å². The van der Waals surface area contributed by atoms with Gasteiger partial charge in [0.2, 0.25) is 0 Å². The Kier molecular flexibility index (Phi) is 5.79. The molecule has 1 aliphatic carbocycles. The van der Waals surface area contributed by atoms with Crippen LogP contribution in [0.4, 0.5) is 0 Å². The quantitative estimate of drug-likeness (QED) is 0.216. The van der Waals surface area contributed by atoms with Crippen LogP contribution in [-0.2, 0) is 19.9 Å². The monoisotopic (exact) mass is 477 g/mol. The van der Waals surface area contributed by atoms with Crippen LogP contribution in [0, 0.1) is 19.8 Å². The van der Waals surface area contributed by atoms with Crippen molar-refractivity contribution in [3.05, 3.63) is 74.1 Å². The maximum Gasteiger partial charge on any atom is 0.267 e. The summed E-state index contributed by atoms with van der Waals surface area (Å²) >= 11 is 2.99. The van der Waals surface area contributed by atoms with E-state index in [1.807, 2.05) is 61.9 Å². The molecule has 1 unspecified atom stereocenters. The van der Waals surface area contributed by atoms with Gasteiger partial charge >= 0.3 is 0 Å². The molecular formula is C26H27N3O2S2. The molecule has 33 heavy (non-hydrogen) atoms. The van der Waals surface area contributed by atoms with E-state index in [9.17, 15) is 9.59 Å². The van der Waals surface area contributed by atoms with E-state index in [2.05, 4.69) is 6.92 Å². The number of thioether (sulfide) groups is 1. The normalized spacial score (nSPS) is 15.7. The standard InChI is InChI=1S/C26H27N3O2S2/c1-15-10-11-19-22(12-15)33-24-23(19)25(31)29(18-8-6-5-7-9-18)26(27-24)32-14-21(30)20-13-16(2)28(4)17(20)3/h5-9,13,15H,10-12,14H2,1-4H3. The number of fused-ring (bicyclic) bond motifs is 3. The Morgan fingerprint density at radius 1 is 1.24 bits per heavy atom. The van der Waals surface area contributed by atoms with Gasteiger partial charge in [0.05, 0.1) is 16.8 Å². The average Bonchev–Trinajstić information content (AvgIpc) is 3.29. The molecule has 5 nitrogen and oxygen atoms in total. The molecule has 0 spiro atoms. The maximum atomic E-state index is 13.8. The van der Waals surface area contributed by atoms with Crippen LogP contribution < -0.4 is 5.56 Å². The molecule has 1 aromatic carbocycles.